The van der Waals surface area contributed by atoms with Gasteiger partial charge in [-0.05, 0) is 74.8 Å². The molecule has 0 radical (unpaired) electrons. The first-order valence-corrected chi connectivity index (χ1v) is 18.8. The van der Waals surface area contributed by atoms with Gasteiger partial charge >= 0.3 is 0 Å². The topological polar surface area (TPSA) is 9.23 Å². The van der Waals surface area contributed by atoms with Crippen molar-refractivity contribution in [2.24, 2.45) is 23.7 Å². The van der Waals surface area contributed by atoms with Crippen LogP contribution in [0.25, 0.3) is 0 Å². The van der Waals surface area contributed by atoms with Crippen LogP contribution in [0.3, 0.4) is 0 Å². The van der Waals surface area contributed by atoms with Crippen LogP contribution in [0.5, 0.6) is 0 Å². The van der Waals surface area contributed by atoms with E-state index in [1.807, 2.05) is 0 Å². The van der Waals surface area contributed by atoms with Crippen LogP contribution in [0.2, 0.25) is 23.7 Å². The summed E-state index contributed by atoms with van der Waals surface area (Å²) in [6.45, 7) is 14.7. The molecule has 1 nitrogen and oxygen atoms in total. The van der Waals surface area contributed by atoms with Crippen LogP contribution in [0, 0.1) is 23.7 Å². The molecule has 0 aromatic carbocycles. The van der Waals surface area contributed by atoms with E-state index in [0.717, 1.165) is 30.3 Å². The van der Waals surface area contributed by atoms with Gasteiger partial charge in [-0.1, -0.05) is 116 Å². The quantitative estimate of drug-likeness (QED) is 0.230. The average Bonchev–Trinajstić information content (AvgIpc) is 3.45. The molecule has 200 valence electrons. The van der Waals surface area contributed by atoms with E-state index >= 15 is 0 Å². The highest BCUT2D eigenvalue weighted by Crippen LogP contribution is 2.66. The number of hydrogen-bond acceptors (Lipinski definition) is 1. The van der Waals surface area contributed by atoms with Gasteiger partial charge < -0.3 is 4.74 Å². The first kappa shape index (κ1) is 28.7. The highest BCUT2D eigenvalue weighted by molar-refractivity contribution is 6.81. The Balaban J connectivity index is 0.00000103. The predicted octanol–water partition coefficient (Wildman–Crippen LogP) is 10.8. The van der Waals surface area contributed by atoms with Gasteiger partial charge in [0, 0.05) is 6.61 Å². The fraction of sp³-hybridized carbons (Fsp3) is 1.00. The second-order valence-corrected chi connectivity index (χ2v) is 19.1. The summed E-state index contributed by atoms with van der Waals surface area (Å²) in [6.07, 6.45) is 25.8. The summed E-state index contributed by atoms with van der Waals surface area (Å²) >= 11 is 0. The Labute approximate surface area is 216 Å². The molecule has 0 N–H and O–H groups in total. The third-order valence-electron chi connectivity index (χ3n) is 10.4. The summed E-state index contributed by atoms with van der Waals surface area (Å²) in [5.41, 5.74) is 2.41. The Morgan fingerprint density at radius 2 is 1.09 bits per heavy atom. The molecule has 0 heterocycles. The van der Waals surface area contributed by atoms with Crippen LogP contribution in [0.15, 0.2) is 0 Å². The third kappa shape index (κ3) is 7.36. The Morgan fingerprint density at radius 3 is 1.59 bits per heavy atom. The number of rotatable bonds is 9. The second-order valence-electron chi connectivity index (χ2n) is 14.1. The number of hydrogen-bond donors (Lipinski definition) is 0. The highest BCUT2D eigenvalue weighted by atomic mass is 28.3. The summed E-state index contributed by atoms with van der Waals surface area (Å²) in [4.78, 5) is 0. The normalized spacial score (nSPS) is 33.5. The van der Waals surface area contributed by atoms with Crippen molar-refractivity contribution in [1.29, 1.82) is 0 Å². The van der Waals surface area contributed by atoms with Crippen molar-refractivity contribution in [3.8, 4) is 0 Å². The van der Waals surface area contributed by atoms with Gasteiger partial charge in [0.2, 0.25) is 0 Å². The van der Waals surface area contributed by atoms with Gasteiger partial charge in [-0.3, -0.25) is 0 Å². The number of unbranched alkanes of at least 4 members (excludes halogenated alkanes) is 3. The van der Waals surface area contributed by atoms with E-state index in [2.05, 4.69) is 41.2 Å². The maximum Gasteiger partial charge on any atom is 0.0598 e. The molecule has 2 heteroatoms. The van der Waals surface area contributed by atoms with E-state index in [1.54, 1.807) is 83.1 Å². The van der Waals surface area contributed by atoms with E-state index in [9.17, 15) is 0 Å². The minimum Gasteiger partial charge on any atom is -0.376 e. The molecule has 0 aromatic rings. The summed E-state index contributed by atoms with van der Waals surface area (Å²) in [7, 11) is -1.23. The molecule has 34 heavy (non-hydrogen) atoms. The zero-order valence-corrected chi connectivity index (χ0v) is 25.3. The van der Waals surface area contributed by atoms with Gasteiger partial charge in [0.25, 0.3) is 0 Å². The first-order valence-electron chi connectivity index (χ1n) is 16.0. The lowest BCUT2D eigenvalue weighted by molar-refractivity contribution is -0.00471. The molecular formula is C32H62OSi. The van der Waals surface area contributed by atoms with Gasteiger partial charge in [0.15, 0.2) is 0 Å². The monoisotopic (exact) mass is 490 g/mol. The largest absolute Gasteiger partial charge is 0.376 e. The van der Waals surface area contributed by atoms with Crippen LogP contribution < -0.4 is 0 Å². The molecule has 4 rings (SSSR count). The van der Waals surface area contributed by atoms with Gasteiger partial charge in [-0.2, -0.15) is 0 Å². The summed E-state index contributed by atoms with van der Waals surface area (Å²) in [5.74, 6) is 4.59. The molecular weight excluding hydrogens is 428 g/mol. The summed E-state index contributed by atoms with van der Waals surface area (Å²) in [6, 6.07) is 1.66. The summed E-state index contributed by atoms with van der Waals surface area (Å²) < 4.78 is 5.97. The van der Waals surface area contributed by atoms with Gasteiger partial charge in [0.05, 0.1) is 13.7 Å². The van der Waals surface area contributed by atoms with Crippen LogP contribution in [0.1, 0.15) is 144 Å². The SMILES string of the molecule is CC(C)(C)OCCCCCC[Si@@](C)(C1CCCC1)C1C2CCCCC2C2CCCCC21.CCC. The van der Waals surface area contributed by atoms with Crippen molar-refractivity contribution in [3.63, 3.8) is 0 Å². The second kappa shape index (κ2) is 13.6. The Bertz CT molecular complexity index is 540. The standard InChI is InChI=1S/C29H54OSi.C3H8/c1-29(2,3)30-21-13-5-6-14-22-31(4,23-15-7-8-16-23)28-26-19-11-9-17-24(26)25-18-10-12-20-27(25)28;1-3-2/h23-28H,5-22H2,1-4H3;3H2,1-2H3/t24?,25?,26?,27?,28?,31-;/m0./s1. The molecule has 4 aliphatic carbocycles. The molecule has 4 unspecified atom stereocenters. The van der Waals surface area contributed by atoms with Crippen molar-refractivity contribution in [2.75, 3.05) is 6.61 Å². The lowest BCUT2D eigenvalue weighted by Crippen LogP contribution is -2.45. The van der Waals surface area contributed by atoms with Gasteiger partial charge in [0.1, 0.15) is 0 Å². The molecule has 4 fully saturated rings. The fourth-order valence-corrected chi connectivity index (χ4v) is 16.0. The van der Waals surface area contributed by atoms with Crippen LogP contribution >= 0.6 is 0 Å². The zero-order valence-electron chi connectivity index (χ0n) is 24.3. The molecule has 0 aromatic heterocycles. The Morgan fingerprint density at radius 1 is 0.647 bits per heavy atom. The van der Waals surface area contributed by atoms with Crippen LogP contribution in [-0.2, 0) is 4.74 Å². The van der Waals surface area contributed by atoms with Crippen LogP contribution in [0.4, 0.5) is 0 Å². The highest BCUT2D eigenvalue weighted by Gasteiger charge is 2.58. The lowest BCUT2D eigenvalue weighted by atomic mass is 9.73. The Hall–Kier alpha value is 0.177. The Kier molecular flexibility index (Phi) is 11.5. The molecule has 4 saturated carbocycles. The maximum absolute atomic E-state index is 5.97. The van der Waals surface area contributed by atoms with E-state index in [1.165, 1.54) is 43.2 Å². The summed E-state index contributed by atoms with van der Waals surface area (Å²) in [5, 5.41) is 0. The molecule has 0 aliphatic heterocycles. The van der Waals surface area contributed by atoms with Gasteiger partial charge in [-0.25, -0.2) is 0 Å². The van der Waals surface area contributed by atoms with Crippen molar-refractivity contribution in [2.45, 2.75) is 173 Å². The number of fused-ring (bicyclic) bond motifs is 3. The fourth-order valence-electron chi connectivity index (χ4n) is 9.20. The third-order valence-corrected chi connectivity index (χ3v) is 16.7. The van der Waals surface area contributed by atoms with Crippen molar-refractivity contribution in [1.82, 2.24) is 0 Å². The van der Waals surface area contributed by atoms with E-state index in [4.69, 9.17) is 4.74 Å². The van der Waals surface area contributed by atoms with Crippen LogP contribution in [-0.4, -0.2) is 20.3 Å². The minimum absolute atomic E-state index is 0.0313. The maximum atomic E-state index is 5.97. The zero-order chi connectivity index (χ0) is 24.6. The molecule has 4 aliphatic rings. The molecule has 0 spiro atoms. The first-order chi connectivity index (χ1) is 16.3. The number of ether oxygens (including phenoxy) is 1. The molecule has 0 bridgehead atoms. The van der Waals surface area contributed by atoms with E-state index < -0.39 is 8.07 Å². The predicted molar refractivity (Wildman–Crippen MR) is 153 cm³/mol. The smallest absolute Gasteiger partial charge is 0.0598 e. The van der Waals surface area contributed by atoms with Gasteiger partial charge in [-0.15, -0.1) is 0 Å². The van der Waals surface area contributed by atoms with E-state index in [-0.39, 0.29) is 5.60 Å². The van der Waals surface area contributed by atoms with Crippen molar-refractivity contribution in [3.05, 3.63) is 0 Å². The molecule has 5 atom stereocenters. The van der Waals surface area contributed by atoms with E-state index in [0.29, 0.717) is 0 Å². The lowest BCUT2D eigenvalue weighted by Gasteiger charge is -2.47. The van der Waals surface area contributed by atoms with Crippen molar-refractivity contribution < 1.29 is 4.74 Å². The van der Waals surface area contributed by atoms with Crippen molar-refractivity contribution >= 4 is 8.07 Å². The molecule has 0 amide bonds. The average molecular weight is 491 g/mol. The minimum atomic E-state index is -1.23. The molecule has 0 saturated heterocycles.